The predicted molar refractivity (Wildman–Crippen MR) is 103 cm³/mol. The van der Waals surface area contributed by atoms with E-state index >= 15 is 0 Å². The maximum Gasteiger partial charge on any atom is 0.338 e. The summed E-state index contributed by atoms with van der Waals surface area (Å²) in [4.78, 5) is 22.7. The van der Waals surface area contributed by atoms with Crippen LogP contribution in [0.5, 0.6) is 0 Å². The van der Waals surface area contributed by atoms with Gasteiger partial charge in [-0.1, -0.05) is 78.9 Å². The number of cyclic esters (lactones) is 1. The van der Waals surface area contributed by atoms with Crippen LogP contribution in [-0.2, 0) is 11.3 Å². The van der Waals surface area contributed by atoms with Crippen LogP contribution in [0.3, 0.4) is 0 Å². The minimum absolute atomic E-state index is 0.0752. The number of carbonyl (C=O) groups excluding carboxylic acids is 2. The highest BCUT2D eigenvalue weighted by molar-refractivity contribution is 6.08. The van der Waals surface area contributed by atoms with Gasteiger partial charge in [-0.05, 0) is 6.07 Å². The van der Waals surface area contributed by atoms with Gasteiger partial charge in [-0.2, -0.15) is 0 Å². The highest BCUT2D eigenvalue weighted by atomic mass is 16.5. The van der Waals surface area contributed by atoms with Crippen LogP contribution in [-0.4, -0.2) is 11.8 Å². The molecule has 0 unspecified atom stereocenters. The Bertz CT molecular complexity index is 813. The number of rotatable bonds is 2. The second kappa shape index (κ2) is 9.74. The minimum atomic E-state index is -0.199. The van der Waals surface area contributed by atoms with Crippen LogP contribution in [0.25, 0.3) is 0 Å². The summed E-state index contributed by atoms with van der Waals surface area (Å²) in [5, 5.41) is 0. The van der Waals surface area contributed by atoms with Crippen molar-refractivity contribution < 1.29 is 14.3 Å². The molecular weight excluding hydrogens is 324 g/mol. The Morgan fingerprint density at radius 3 is 1.69 bits per heavy atom. The van der Waals surface area contributed by atoms with Gasteiger partial charge in [-0.15, -0.1) is 13.2 Å². The van der Waals surface area contributed by atoms with Gasteiger partial charge in [-0.3, -0.25) is 4.79 Å². The lowest BCUT2D eigenvalue weighted by molar-refractivity contribution is 0.0535. The quantitative estimate of drug-likeness (QED) is 0.370. The number of esters is 1. The molecule has 0 saturated carbocycles. The molecule has 3 aromatic carbocycles. The Balaban J connectivity index is 0.000000178. The lowest BCUT2D eigenvalue weighted by Gasteiger charge is -1.99. The summed E-state index contributed by atoms with van der Waals surface area (Å²) in [5.41, 5.74) is 3.17. The monoisotopic (exact) mass is 344 g/mol. The third-order valence-electron chi connectivity index (χ3n) is 3.67. The van der Waals surface area contributed by atoms with Crippen molar-refractivity contribution in [3.63, 3.8) is 0 Å². The van der Waals surface area contributed by atoms with E-state index in [2.05, 4.69) is 13.2 Å². The lowest BCUT2D eigenvalue weighted by atomic mass is 10.0. The van der Waals surface area contributed by atoms with E-state index in [0.717, 1.165) is 16.7 Å². The first-order valence-electron chi connectivity index (χ1n) is 8.15. The number of fused-ring (bicyclic) bond motifs is 1. The summed E-state index contributed by atoms with van der Waals surface area (Å²) in [6, 6.07) is 26.0. The SMILES string of the molecule is C=C.O=C(c1ccccc1)c1ccccc1.O=C1OCc2ccccc21. The van der Waals surface area contributed by atoms with E-state index in [-0.39, 0.29) is 11.8 Å². The normalized spacial score (nSPS) is 11.0. The summed E-state index contributed by atoms with van der Waals surface area (Å²) in [6.45, 7) is 6.44. The van der Waals surface area contributed by atoms with Crippen LogP contribution in [0.2, 0.25) is 0 Å². The second-order valence-electron chi connectivity index (χ2n) is 5.29. The summed E-state index contributed by atoms with van der Waals surface area (Å²) in [6.07, 6.45) is 0. The Morgan fingerprint density at radius 1 is 0.731 bits per heavy atom. The lowest BCUT2D eigenvalue weighted by Crippen LogP contribution is -1.99. The van der Waals surface area contributed by atoms with Crippen molar-refractivity contribution in [3.8, 4) is 0 Å². The molecule has 26 heavy (non-hydrogen) atoms. The van der Waals surface area contributed by atoms with Crippen molar-refractivity contribution in [2.45, 2.75) is 6.61 Å². The molecule has 1 heterocycles. The fraction of sp³-hybridized carbons (Fsp3) is 0.0435. The predicted octanol–water partition coefficient (Wildman–Crippen LogP) is 5.08. The topological polar surface area (TPSA) is 43.4 Å². The van der Waals surface area contributed by atoms with Gasteiger partial charge < -0.3 is 4.74 Å². The maximum absolute atomic E-state index is 11.8. The molecular formula is C23H20O3. The molecule has 3 heteroatoms. The van der Waals surface area contributed by atoms with Gasteiger partial charge >= 0.3 is 5.97 Å². The van der Waals surface area contributed by atoms with E-state index in [9.17, 15) is 9.59 Å². The van der Waals surface area contributed by atoms with Crippen molar-refractivity contribution in [2.24, 2.45) is 0 Å². The maximum atomic E-state index is 11.8. The van der Waals surface area contributed by atoms with Gasteiger partial charge in [0.25, 0.3) is 0 Å². The first-order chi connectivity index (χ1) is 12.8. The second-order valence-corrected chi connectivity index (χ2v) is 5.29. The average molecular weight is 344 g/mol. The fourth-order valence-corrected chi connectivity index (χ4v) is 2.41. The molecule has 0 saturated heterocycles. The van der Waals surface area contributed by atoms with Crippen LogP contribution in [0.15, 0.2) is 98.1 Å². The molecule has 1 aliphatic rings. The van der Waals surface area contributed by atoms with E-state index in [1.54, 1.807) is 6.07 Å². The van der Waals surface area contributed by atoms with E-state index in [1.807, 2.05) is 78.9 Å². The summed E-state index contributed by atoms with van der Waals surface area (Å²) >= 11 is 0. The molecule has 1 aliphatic heterocycles. The van der Waals surface area contributed by atoms with Crippen LogP contribution < -0.4 is 0 Å². The largest absolute Gasteiger partial charge is 0.457 e. The molecule has 4 rings (SSSR count). The van der Waals surface area contributed by atoms with E-state index in [1.165, 1.54) is 0 Å². The number of hydrogen-bond donors (Lipinski definition) is 0. The molecule has 0 radical (unpaired) electrons. The number of ketones is 1. The molecule has 0 aliphatic carbocycles. The average Bonchev–Trinajstić information content (AvgIpc) is 3.12. The third kappa shape index (κ3) is 4.77. The smallest absolute Gasteiger partial charge is 0.338 e. The van der Waals surface area contributed by atoms with Gasteiger partial charge in [0.1, 0.15) is 6.61 Å². The third-order valence-corrected chi connectivity index (χ3v) is 3.67. The minimum Gasteiger partial charge on any atom is -0.457 e. The van der Waals surface area contributed by atoms with Crippen LogP contribution in [0, 0.1) is 0 Å². The zero-order chi connectivity index (χ0) is 18.8. The van der Waals surface area contributed by atoms with Crippen molar-refractivity contribution in [1.82, 2.24) is 0 Å². The van der Waals surface area contributed by atoms with Gasteiger partial charge in [0.2, 0.25) is 0 Å². The summed E-state index contributed by atoms with van der Waals surface area (Å²) in [7, 11) is 0. The molecule has 0 fully saturated rings. The first kappa shape index (κ1) is 18.9. The number of hydrogen-bond acceptors (Lipinski definition) is 3. The fourth-order valence-electron chi connectivity index (χ4n) is 2.41. The van der Waals surface area contributed by atoms with Crippen molar-refractivity contribution >= 4 is 11.8 Å². The van der Waals surface area contributed by atoms with Crippen LogP contribution in [0.1, 0.15) is 31.8 Å². The molecule has 130 valence electrons. The Morgan fingerprint density at radius 2 is 1.19 bits per heavy atom. The van der Waals surface area contributed by atoms with Gasteiger partial charge in [0, 0.05) is 16.7 Å². The Hall–Kier alpha value is -3.46. The van der Waals surface area contributed by atoms with Gasteiger partial charge in [0.15, 0.2) is 5.78 Å². The molecule has 0 atom stereocenters. The molecule has 3 aromatic rings. The standard InChI is InChI=1S/C13H10O.C8H6O2.C2H4/c14-13(11-7-3-1-4-8-11)12-9-5-2-6-10-12;9-8-7-4-2-1-3-6(7)5-10-8;1-2/h1-10H;1-4H,5H2;1-2H2. The molecule has 0 N–H and O–H groups in total. The highest BCUT2D eigenvalue weighted by Gasteiger charge is 2.18. The molecule has 3 nitrogen and oxygen atoms in total. The van der Waals surface area contributed by atoms with Crippen molar-refractivity contribution in [3.05, 3.63) is 120 Å². The Labute approximate surface area is 153 Å². The zero-order valence-electron chi connectivity index (χ0n) is 14.4. The van der Waals surface area contributed by atoms with E-state index in [0.29, 0.717) is 12.2 Å². The van der Waals surface area contributed by atoms with E-state index in [4.69, 9.17) is 4.74 Å². The van der Waals surface area contributed by atoms with E-state index < -0.39 is 0 Å². The molecule has 0 spiro atoms. The number of carbonyl (C=O) groups is 2. The number of ether oxygens (including phenoxy) is 1. The Kier molecular flexibility index (Phi) is 7.07. The number of benzene rings is 3. The van der Waals surface area contributed by atoms with Crippen LogP contribution >= 0.6 is 0 Å². The van der Waals surface area contributed by atoms with Gasteiger partial charge in [-0.25, -0.2) is 4.79 Å². The van der Waals surface area contributed by atoms with Crippen LogP contribution in [0.4, 0.5) is 0 Å². The molecule has 0 aromatic heterocycles. The highest BCUT2D eigenvalue weighted by Crippen LogP contribution is 2.18. The zero-order valence-corrected chi connectivity index (χ0v) is 14.4. The van der Waals surface area contributed by atoms with Crippen molar-refractivity contribution in [1.29, 1.82) is 0 Å². The molecule has 0 amide bonds. The summed E-state index contributed by atoms with van der Waals surface area (Å²) < 4.78 is 4.78. The van der Waals surface area contributed by atoms with Gasteiger partial charge in [0.05, 0.1) is 5.56 Å². The first-order valence-corrected chi connectivity index (χ1v) is 8.15. The summed E-state index contributed by atoms with van der Waals surface area (Å²) in [5.74, 6) is -0.123. The van der Waals surface area contributed by atoms with Crippen molar-refractivity contribution in [2.75, 3.05) is 0 Å². The molecule has 0 bridgehead atoms.